The van der Waals surface area contributed by atoms with Crippen molar-refractivity contribution < 1.29 is 52.7 Å². The van der Waals surface area contributed by atoms with Crippen LogP contribution in [0.25, 0.3) is 16.6 Å². The van der Waals surface area contributed by atoms with Crippen LogP contribution >= 0.6 is 0 Å². The molecule has 3 aliphatic rings. The number of rotatable bonds is 2. The van der Waals surface area contributed by atoms with Gasteiger partial charge in [-0.05, 0) is 0 Å². The van der Waals surface area contributed by atoms with Gasteiger partial charge in [0.1, 0.15) is 0 Å². The molecular formula is C27H22F5IN5O2-. The van der Waals surface area contributed by atoms with Crippen molar-refractivity contribution in [1.82, 2.24) is 19.3 Å². The van der Waals surface area contributed by atoms with Gasteiger partial charge in [-0.1, -0.05) is 0 Å². The third-order valence-corrected chi connectivity index (χ3v) is 11.0. The number of alkyl halides is 6. The first-order valence-electron chi connectivity index (χ1n) is 12.7. The van der Waals surface area contributed by atoms with Gasteiger partial charge in [0, 0.05) is 0 Å². The van der Waals surface area contributed by atoms with Crippen molar-refractivity contribution in [3.05, 3.63) is 64.9 Å². The fourth-order valence-electron chi connectivity index (χ4n) is 6.10. The van der Waals surface area contributed by atoms with Crippen LogP contribution in [0.1, 0.15) is 51.8 Å². The molecule has 2 fully saturated rings. The first-order valence-corrected chi connectivity index (χ1v) is 15.8. The molecule has 3 unspecified atom stereocenters. The summed E-state index contributed by atoms with van der Waals surface area (Å²) in [4.78, 5) is 24.0. The SMILES string of the molecule is Nc1nc2c(C3CC[I-]C3)c(F)c(C(=O)N3CC(F)CC4Oc5cc(C(F)(F)F)ccc5[C@@H]43)cc2n2cncc12. The number of nitrogen functional groups attached to an aromatic ring is 1. The fourth-order valence-corrected chi connectivity index (χ4v) is 9.37. The molecule has 7 rings (SSSR count). The molecule has 0 aliphatic carbocycles. The molecule has 5 heterocycles. The summed E-state index contributed by atoms with van der Waals surface area (Å²) in [5.74, 6) is -1.47. The topological polar surface area (TPSA) is 85.8 Å². The van der Waals surface area contributed by atoms with Gasteiger partial charge in [-0.25, -0.2) is 0 Å². The molecule has 0 spiro atoms. The van der Waals surface area contributed by atoms with E-state index in [1.807, 2.05) is 0 Å². The van der Waals surface area contributed by atoms with E-state index in [0.717, 1.165) is 27.4 Å². The van der Waals surface area contributed by atoms with Gasteiger partial charge in [0.2, 0.25) is 0 Å². The molecule has 2 aromatic carbocycles. The molecule has 7 nitrogen and oxygen atoms in total. The molecule has 4 atom stereocenters. The number of halogens is 6. The number of nitrogens with two attached hydrogens (primary N) is 1. The summed E-state index contributed by atoms with van der Waals surface area (Å²) in [6.45, 7) is -0.341. The number of fused-ring (bicyclic) bond motifs is 6. The van der Waals surface area contributed by atoms with E-state index in [1.54, 1.807) is 4.40 Å². The summed E-state index contributed by atoms with van der Waals surface area (Å²) >= 11 is -0.107. The number of carbonyl (C=O) groups excluding carboxylic acids is 1. The molecule has 40 heavy (non-hydrogen) atoms. The molecule has 210 valence electrons. The van der Waals surface area contributed by atoms with E-state index in [0.29, 0.717) is 27.7 Å². The second kappa shape index (κ2) is 9.14. The van der Waals surface area contributed by atoms with Crippen LogP contribution in [-0.4, -0.2) is 52.9 Å². The van der Waals surface area contributed by atoms with E-state index in [9.17, 15) is 22.4 Å². The average Bonchev–Trinajstić information content (AvgIpc) is 3.66. The summed E-state index contributed by atoms with van der Waals surface area (Å²) in [5, 5.41) is 0. The summed E-state index contributed by atoms with van der Waals surface area (Å²) in [5.41, 5.74) is 7.00. The van der Waals surface area contributed by atoms with Gasteiger partial charge in [-0.3, -0.25) is 0 Å². The van der Waals surface area contributed by atoms with E-state index < -0.39 is 41.8 Å². The van der Waals surface area contributed by atoms with Gasteiger partial charge in [0.15, 0.2) is 0 Å². The normalized spacial score (nSPS) is 24.6. The third kappa shape index (κ3) is 3.90. The second-order valence-electron chi connectivity index (χ2n) is 10.3. The number of anilines is 1. The zero-order valence-electron chi connectivity index (χ0n) is 20.8. The zero-order valence-corrected chi connectivity index (χ0v) is 22.9. The van der Waals surface area contributed by atoms with Gasteiger partial charge in [0.05, 0.1) is 0 Å². The minimum atomic E-state index is -4.59. The number of aromatic nitrogens is 3. The Hall–Kier alpha value is -3.23. The Morgan fingerprint density at radius 2 is 2.02 bits per heavy atom. The summed E-state index contributed by atoms with van der Waals surface area (Å²) in [6, 6.07) is 3.58. The Morgan fingerprint density at radius 3 is 2.77 bits per heavy atom. The molecule has 4 aromatic rings. The summed E-state index contributed by atoms with van der Waals surface area (Å²) < 4.78 is 80.6. The Kier molecular flexibility index (Phi) is 5.88. The molecule has 2 N–H and O–H groups in total. The maximum atomic E-state index is 16.4. The predicted octanol–water partition coefficient (Wildman–Crippen LogP) is 1.89. The van der Waals surface area contributed by atoms with Crippen LogP contribution < -0.4 is 31.7 Å². The summed E-state index contributed by atoms with van der Waals surface area (Å²) in [6.07, 6.45) is -3.26. The first kappa shape index (κ1) is 25.7. The zero-order chi connectivity index (χ0) is 27.9. The van der Waals surface area contributed by atoms with Gasteiger partial charge in [-0.15, -0.1) is 0 Å². The van der Waals surface area contributed by atoms with Crippen molar-refractivity contribution in [2.45, 2.75) is 43.3 Å². The van der Waals surface area contributed by atoms with Crippen molar-refractivity contribution in [2.75, 3.05) is 21.1 Å². The standard InChI is InChI=1S/C27H22F5IN5O2/c28-14-6-20-24(15-2-1-13(27(30,31)32)5-19(15)40-20)37(10-14)26(39)16-7-17-23(21(22(16)29)12-3-4-33-8-12)36-25(34)18-9-35-11-38(17)18/h1-2,5,7,9,11-12,14,20,24H,3-4,6,8,10H2,(H2,34,36)/q-1/t12?,14?,20?,24-/m0/s1. The maximum absolute atomic E-state index is 16.4. The number of nitrogens with zero attached hydrogens (tertiary/aromatic N) is 4. The van der Waals surface area contributed by atoms with Gasteiger partial charge in [0.25, 0.3) is 0 Å². The molecule has 1 amide bonds. The van der Waals surface area contributed by atoms with Crippen LogP contribution in [0.4, 0.5) is 27.8 Å². The third-order valence-electron chi connectivity index (χ3n) is 7.94. The molecule has 3 aliphatic heterocycles. The number of carbonyl (C=O) groups is 1. The Labute approximate surface area is 234 Å². The first-order chi connectivity index (χ1) is 19.1. The van der Waals surface area contributed by atoms with Gasteiger partial charge >= 0.3 is 222 Å². The quantitative estimate of drug-likeness (QED) is 0.200. The van der Waals surface area contributed by atoms with E-state index in [2.05, 4.69) is 9.97 Å². The van der Waals surface area contributed by atoms with Crippen LogP contribution in [0.5, 0.6) is 5.75 Å². The van der Waals surface area contributed by atoms with Crippen molar-refractivity contribution in [3.63, 3.8) is 0 Å². The van der Waals surface area contributed by atoms with E-state index in [1.165, 1.54) is 29.6 Å². The van der Waals surface area contributed by atoms with Gasteiger partial charge in [-0.2, -0.15) is 13.2 Å². The molecular weight excluding hydrogens is 648 g/mol. The van der Waals surface area contributed by atoms with Crippen LogP contribution in [-0.2, 0) is 6.18 Å². The van der Waals surface area contributed by atoms with Gasteiger partial charge < -0.3 is 0 Å². The molecule has 2 aromatic heterocycles. The number of likely N-dealkylation sites (tertiary alicyclic amines) is 1. The Bertz CT molecular complexity index is 1690. The second-order valence-corrected chi connectivity index (χ2v) is 13.4. The molecule has 2 saturated heterocycles. The Balaban J connectivity index is 1.38. The molecule has 0 bridgehead atoms. The number of piperidine rings is 1. The average molecular weight is 670 g/mol. The van der Waals surface area contributed by atoms with Crippen LogP contribution in [0.3, 0.4) is 0 Å². The number of benzene rings is 2. The minimum absolute atomic E-state index is 0.0499. The van der Waals surface area contributed by atoms with E-state index in [-0.39, 0.29) is 57.2 Å². The monoisotopic (exact) mass is 670 g/mol. The molecule has 0 radical (unpaired) electrons. The van der Waals surface area contributed by atoms with Crippen LogP contribution in [0, 0.1) is 5.82 Å². The van der Waals surface area contributed by atoms with Crippen LogP contribution in [0.15, 0.2) is 36.8 Å². The summed E-state index contributed by atoms with van der Waals surface area (Å²) in [7, 11) is 0. The van der Waals surface area contributed by atoms with Crippen molar-refractivity contribution in [2.24, 2.45) is 0 Å². The van der Waals surface area contributed by atoms with Crippen molar-refractivity contribution in [1.29, 1.82) is 0 Å². The Morgan fingerprint density at radius 1 is 1.20 bits per heavy atom. The van der Waals surface area contributed by atoms with Crippen LogP contribution in [0.2, 0.25) is 0 Å². The molecule has 13 heteroatoms. The predicted molar refractivity (Wildman–Crippen MR) is 131 cm³/mol. The van der Waals surface area contributed by atoms with Crippen molar-refractivity contribution in [3.8, 4) is 5.75 Å². The fraction of sp³-hybridized carbons (Fsp3) is 0.370. The number of hydrogen-bond donors (Lipinski definition) is 1. The van der Waals surface area contributed by atoms with E-state index >= 15 is 4.39 Å². The number of ether oxygens (including phenoxy) is 1. The number of hydrogen-bond acceptors (Lipinski definition) is 5. The molecule has 0 saturated carbocycles. The number of amides is 1. The number of imidazole rings is 1. The van der Waals surface area contributed by atoms with Crippen molar-refractivity contribution >= 4 is 28.3 Å². The van der Waals surface area contributed by atoms with E-state index in [4.69, 9.17) is 10.5 Å².